The molecule has 0 atom stereocenters. The van der Waals surface area contributed by atoms with Gasteiger partial charge in [0.05, 0.1) is 18.9 Å². The molecule has 9 heteroatoms. The SMILES string of the molecule is COc1cccc(/C=N/NC(=O)Nc2ccc(Br)c(C)c2)c1OCc1ccc(C(=O)O)cc1. The van der Waals surface area contributed by atoms with Gasteiger partial charge in [0.2, 0.25) is 0 Å². The first-order valence-electron chi connectivity index (χ1n) is 9.85. The number of nitrogens with zero attached hydrogens (tertiary/aromatic N) is 1. The van der Waals surface area contributed by atoms with Crippen LogP contribution in [0.25, 0.3) is 0 Å². The largest absolute Gasteiger partial charge is 0.493 e. The Bertz CT molecular complexity index is 1180. The van der Waals surface area contributed by atoms with Crippen molar-refractivity contribution in [1.82, 2.24) is 5.43 Å². The number of hydrogen-bond acceptors (Lipinski definition) is 5. The molecule has 0 bridgehead atoms. The summed E-state index contributed by atoms with van der Waals surface area (Å²) < 4.78 is 12.3. The van der Waals surface area contributed by atoms with Gasteiger partial charge in [-0.15, -0.1) is 0 Å². The Morgan fingerprint density at radius 3 is 2.55 bits per heavy atom. The van der Waals surface area contributed by atoms with Gasteiger partial charge < -0.3 is 19.9 Å². The molecular weight excluding hydrogens is 490 g/mol. The molecule has 8 nitrogen and oxygen atoms in total. The molecule has 0 radical (unpaired) electrons. The number of carbonyl (C=O) groups excluding carboxylic acids is 1. The molecule has 33 heavy (non-hydrogen) atoms. The molecule has 0 aliphatic rings. The number of carboxylic acids is 1. The van der Waals surface area contributed by atoms with Gasteiger partial charge in [0.25, 0.3) is 0 Å². The van der Waals surface area contributed by atoms with Crippen LogP contribution in [0.1, 0.15) is 27.0 Å². The van der Waals surface area contributed by atoms with E-state index in [0.717, 1.165) is 15.6 Å². The highest BCUT2D eigenvalue weighted by molar-refractivity contribution is 9.10. The minimum atomic E-state index is -0.988. The van der Waals surface area contributed by atoms with Crippen molar-refractivity contribution in [3.8, 4) is 11.5 Å². The fourth-order valence-corrected chi connectivity index (χ4v) is 3.14. The molecule has 0 unspecified atom stereocenters. The molecule has 0 aliphatic heterocycles. The average Bonchev–Trinajstić information content (AvgIpc) is 2.80. The van der Waals surface area contributed by atoms with Gasteiger partial charge in [-0.25, -0.2) is 15.0 Å². The summed E-state index contributed by atoms with van der Waals surface area (Å²) in [4.78, 5) is 23.1. The first kappa shape index (κ1) is 23.8. The highest BCUT2D eigenvalue weighted by Gasteiger charge is 2.11. The number of amides is 2. The maximum atomic E-state index is 12.1. The number of urea groups is 1. The number of carboxylic acid groups (broad SMARTS) is 1. The van der Waals surface area contributed by atoms with Crippen molar-refractivity contribution in [3.05, 3.63) is 87.4 Å². The lowest BCUT2D eigenvalue weighted by molar-refractivity contribution is 0.0696. The van der Waals surface area contributed by atoms with Crippen LogP contribution in [0, 0.1) is 6.92 Å². The number of hydrazone groups is 1. The second-order valence-electron chi connectivity index (χ2n) is 6.96. The number of benzene rings is 3. The molecule has 3 rings (SSSR count). The average molecular weight is 512 g/mol. The van der Waals surface area contributed by atoms with Crippen molar-refractivity contribution in [2.45, 2.75) is 13.5 Å². The van der Waals surface area contributed by atoms with E-state index in [1.165, 1.54) is 25.5 Å². The van der Waals surface area contributed by atoms with Crippen molar-refractivity contribution >= 4 is 39.8 Å². The number of rotatable bonds is 8. The summed E-state index contributed by atoms with van der Waals surface area (Å²) in [6.07, 6.45) is 1.46. The van der Waals surface area contributed by atoms with Crippen LogP contribution in [0.15, 0.2) is 70.2 Å². The number of ether oxygens (including phenoxy) is 2. The summed E-state index contributed by atoms with van der Waals surface area (Å²) in [6, 6.07) is 16.7. The van der Waals surface area contributed by atoms with Gasteiger partial charge in [0, 0.05) is 15.7 Å². The molecular formula is C24H22BrN3O5. The molecule has 0 saturated heterocycles. The number of carbonyl (C=O) groups is 2. The van der Waals surface area contributed by atoms with Crippen LogP contribution in [0.4, 0.5) is 10.5 Å². The van der Waals surface area contributed by atoms with E-state index < -0.39 is 12.0 Å². The fourth-order valence-electron chi connectivity index (χ4n) is 2.89. The van der Waals surface area contributed by atoms with E-state index in [9.17, 15) is 9.59 Å². The van der Waals surface area contributed by atoms with Crippen LogP contribution in [0.5, 0.6) is 11.5 Å². The third-order valence-corrected chi connectivity index (χ3v) is 5.49. The molecule has 0 aromatic heterocycles. The number of aromatic carboxylic acids is 1. The van der Waals surface area contributed by atoms with Crippen LogP contribution in [0.2, 0.25) is 0 Å². The van der Waals surface area contributed by atoms with Gasteiger partial charge in [-0.2, -0.15) is 5.10 Å². The first-order chi connectivity index (χ1) is 15.9. The zero-order valence-electron chi connectivity index (χ0n) is 18.0. The molecule has 0 fully saturated rings. The summed E-state index contributed by atoms with van der Waals surface area (Å²) >= 11 is 3.42. The van der Waals surface area contributed by atoms with Gasteiger partial charge in [-0.3, -0.25) is 0 Å². The molecule has 0 spiro atoms. The van der Waals surface area contributed by atoms with Crippen LogP contribution < -0.4 is 20.2 Å². The minimum Gasteiger partial charge on any atom is -0.493 e. The molecule has 0 aliphatic carbocycles. The monoisotopic (exact) mass is 511 g/mol. The van der Waals surface area contributed by atoms with Crippen LogP contribution >= 0.6 is 15.9 Å². The number of aryl methyl sites for hydroxylation is 1. The summed E-state index contributed by atoms with van der Waals surface area (Å²) in [5.74, 6) is -0.0507. The van der Waals surface area contributed by atoms with E-state index in [1.807, 2.05) is 19.1 Å². The summed E-state index contributed by atoms with van der Waals surface area (Å²) in [7, 11) is 1.52. The Labute approximate surface area is 199 Å². The van der Waals surface area contributed by atoms with E-state index in [-0.39, 0.29) is 12.2 Å². The molecule has 0 heterocycles. The van der Waals surface area contributed by atoms with E-state index in [0.29, 0.717) is 22.7 Å². The maximum absolute atomic E-state index is 12.1. The third-order valence-electron chi connectivity index (χ3n) is 4.60. The van der Waals surface area contributed by atoms with Gasteiger partial charge in [-0.05, 0) is 60.5 Å². The lowest BCUT2D eigenvalue weighted by Crippen LogP contribution is -2.24. The molecule has 170 valence electrons. The Balaban J connectivity index is 1.67. The number of anilines is 1. The van der Waals surface area contributed by atoms with E-state index in [2.05, 4.69) is 31.8 Å². The topological polar surface area (TPSA) is 109 Å². The van der Waals surface area contributed by atoms with E-state index >= 15 is 0 Å². The summed E-state index contributed by atoms with van der Waals surface area (Å²) in [5.41, 5.74) is 5.64. The van der Waals surface area contributed by atoms with Crippen molar-refractivity contribution in [3.63, 3.8) is 0 Å². The second kappa shape index (κ2) is 11.1. The zero-order valence-corrected chi connectivity index (χ0v) is 19.5. The zero-order chi connectivity index (χ0) is 23.8. The molecule has 3 N–H and O–H groups in total. The van der Waals surface area contributed by atoms with Crippen molar-refractivity contribution in [2.75, 3.05) is 12.4 Å². The molecule has 0 saturated carbocycles. The number of halogens is 1. The summed E-state index contributed by atoms with van der Waals surface area (Å²) in [6.45, 7) is 2.12. The van der Waals surface area contributed by atoms with E-state index in [1.54, 1.807) is 36.4 Å². The highest BCUT2D eigenvalue weighted by atomic mass is 79.9. The van der Waals surface area contributed by atoms with Gasteiger partial charge in [0.15, 0.2) is 11.5 Å². The third kappa shape index (κ3) is 6.56. The first-order valence-corrected chi connectivity index (χ1v) is 10.6. The minimum absolute atomic E-state index is 0.192. The smallest absolute Gasteiger partial charge is 0.339 e. The molecule has 2 amide bonds. The second-order valence-corrected chi connectivity index (χ2v) is 7.81. The lowest BCUT2D eigenvalue weighted by Gasteiger charge is -2.13. The van der Waals surface area contributed by atoms with Gasteiger partial charge in [-0.1, -0.05) is 34.1 Å². The summed E-state index contributed by atoms with van der Waals surface area (Å²) in [5, 5.41) is 15.7. The van der Waals surface area contributed by atoms with Crippen molar-refractivity contribution in [2.24, 2.45) is 5.10 Å². The quantitative estimate of drug-likeness (QED) is 0.284. The van der Waals surface area contributed by atoms with Crippen LogP contribution in [0.3, 0.4) is 0 Å². The number of nitrogens with one attached hydrogen (secondary N) is 2. The molecule has 3 aromatic carbocycles. The normalized spacial score (nSPS) is 10.6. The Morgan fingerprint density at radius 1 is 1.12 bits per heavy atom. The fraction of sp³-hybridized carbons (Fsp3) is 0.125. The Hall–Kier alpha value is -3.85. The van der Waals surface area contributed by atoms with Gasteiger partial charge >= 0.3 is 12.0 Å². The number of methoxy groups -OCH3 is 1. The Kier molecular flexibility index (Phi) is 8.04. The molecule has 3 aromatic rings. The van der Waals surface area contributed by atoms with Crippen LogP contribution in [-0.2, 0) is 6.61 Å². The maximum Gasteiger partial charge on any atom is 0.339 e. The number of hydrogen-bond donors (Lipinski definition) is 3. The standard InChI is InChI=1S/C24H22BrN3O5/c1-15-12-19(10-11-20(15)25)27-24(31)28-26-13-18-4-3-5-21(32-2)22(18)33-14-16-6-8-17(9-7-16)23(29)30/h3-13H,14H2,1-2H3,(H,29,30)(H2,27,28,31)/b26-13+. The van der Waals surface area contributed by atoms with Crippen molar-refractivity contribution < 1.29 is 24.2 Å². The highest BCUT2D eigenvalue weighted by Crippen LogP contribution is 2.31. The van der Waals surface area contributed by atoms with E-state index in [4.69, 9.17) is 14.6 Å². The predicted molar refractivity (Wildman–Crippen MR) is 129 cm³/mol. The van der Waals surface area contributed by atoms with Gasteiger partial charge in [0.1, 0.15) is 6.61 Å². The lowest BCUT2D eigenvalue weighted by atomic mass is 10.1. The number of para-hydroxylation sites is 1. The van der Waals surface area contributed by atoms with Crippen LogP contribution in [-0.4, -0.2) is 30.4 Å². The van der Waals surface area contributed by atoms with Crippen molar-refractivity contribution in [1.29, 1.82) is 0 Å². The Morgan fingerprint density at radius 2 is 1.88 bits per heavy atom. The predicted octanol–water partition coefficient (Wildman–Crippen LogP) is 5.20.